The first-order valence-corrected chi connectivity index (χ1v) is 5.57. The topological polar surface area (TPSA) is 0 Å². The minimum atomic E-state index is 0.729. The second-order valence-corrected chi connectivity index (χ2v) is 4.90. The summed E-state index contributed by atoms with van der Waals surface area (Å²) >= 11 is 6.13. The Bertz CT molecular complexity index is 415. The van der Waals surface area contributed by atoms with Crippen LogP contribution in [0.25, 0.3) is 0 Å². The average Bonchev–Trinajstić information content (AvgIpc) is 2.78. The van der Waals surface area contributed by atoms with Gasteiger partial charge in [-0.1, -0.05) is 34.9 Å². The van der Waals surface area contributed by atoms with Gasteiger partial charge in [0.15, 0.2) is 0 Å². The van der Waals surface area contributed by atoms with Crippen molar-refractivity contribution in [1.82, 2.24) is 0 Å². The second kappa shape index (κ2) is 2.87. The summed E-state index contributed by atoms with van der Waals surface area (Å²) in [6.45, 7) is 2.06. The summed E-state index contributed by atoms with van der Waals surface area (Å²) in [5.74, 6) is 0.729. The van der Waals surface area contributed by atoms with Crippen LogP contribution in [0.1, 0.15) is 36.3 Å². The van der Waals surface area contributed by atoms with Gasteiger partial charge >= 0.3 is 0 Å². The van der Waals surface area contributed by atoms with Crippen LogP contribution in [0.15, 0.2) is 29.3 Å². The molecule has 0 amide bonds. The molecule has 0 saturated heterocycles. The van der Waals surface area contributed by atoms with E-state index < -0.39 is 0 Å². The van der Waals surface area contributed by atoms with E-state index in [2.05, 4.69) is 25.1 Å². The van der Waals surface area contributed by atoms with Crippen molar-refractivity contribution in [1.29, 1.82) is 0 Å². The molecule has 2 aliphatic carbocycles. The Labute approximate surface area is 89.6 Å². The quantitative estimate of drug-likeness (QED) is 0.601. The Morgan fingerprint density at radius 1 is 1.21 bits per heavy atom. The van der Waals surface area contributed by atoms with Gasteiger partial charge in [0, 0.05) is 5.02 Å². The second-order valence-electron chi connectivity index (χ2n) is 4.50. The van der Waals surface area contributed by atoms with Crippen molar-refractivity contribution in [2.24, 2.45) is 0 Å². The lowest BCUT2D eigenvalue weighted by atomic mass is 9.92. The lowest BCUT2D eigenvalue weighted by molar-refractivity contribution is 0.699. The summed E-state index contributed by atoms with van der Waals surface area (Å²) in [6.07, 6.45) is 3.90. The number of allylic oxidation sites excluding steroid dienone is 2. The smallest absolute Gasteiger partial charge is 0.0438 e. The van der Waals surface area contributed by atoms with Crippen LogP contribution in [-0.4, -0.2) is 0 Å². The van der Waals surface area contributed by atoms with Crippen LogP contribution >= 0.6 is 11.6 Å². The van der Waals surface area contributed by atoms with Crippen LogP contribution in [0.3, 0.4) is 0 Å². The third-order valence-corrected chi connectivity index (χ3v) is 3.86. The number of hydrogen-bond donors (Lipinski definition) is 0. The molecule has 0 spiro atoms. The molecule has 2 aliphatic rings. The first kappa shape index (κ1) is 8.55. The molecule has 3 rings (SSSR count). The van der Waals surface area contributed by atoms with E-state index in [-0.39, 0.29) is 0 Å². The zero-order valence-corrected chi connectivity index (χ0v) is 9.06. The highest BCUT2D eigenvalue weighted by molar-refractivity contribution is 6.31. The van der Waals surface area contributed by atoms with Gasteiger partial charge in [0.25, 0.3) is 0 Å². The third-order valence-electron chi connectivity index (χ3n) is 3.45. The van der Waals surface area contributed by atoms with Crippen LogP contribution < -0.4 is 0 Å². The lowest BCUT2D eigenvalue weighted by Gasteiger charge is -2.14. The summed E-state index contributed by atoms with van der Waals surface area (Å²) in [7, 11) is 0. The van der Waals surface area contributed by atoms with Gasteiger partial charge < -0.3 is 0 Å². The number of benzene rings is 1. The van der Waals surface area contributed by atoms with Crippen LogP contribution in [0.5, 0.6) is 0 Å². The van der Waals surface area contributed by atoms with Gasteiger partial charge in [-0.2, -0.15) is 0 Å². The van der Waals surface area contributed by atoms with E-state index in [4.69, 9.17) is 11.6 Å². The van der Waals surface area contributed by atoms with Gasteiger partial charge in [0.2, 0.25) is 0 Å². The van der Waals surface area contributed by atoms with Crippen LogP contribution in [0.2, 0.25) is 5.02 Å². The van der Waals surface area contributed by atoms with Gasteiger partial charge in [-0.15, -0.1) is 0 Å². The highest BCUT2D eigenvalue weighted by atomic mass is 35.5. The van der Waals surface area contributed by atoms with Crippen LogP contribution in [0, 0.1) is 6.92 Å². The molecule has 0 unspecified atom stereocenters. The van der Waals surface area contributed by atoms with Crippen molar-refractivity contribution in [2.45, 2.75) is 32.1 Å². The molecule has 0 nitrogen and oxygen atoms in total. The Kier molecular flexibility index (Phi) is 1.75. The van der Waals surface area contributed by atoms with Gasteiger partial charge in [-0.05, 0) is 49.3 Å². The molecule has 14 heavy (non-hydrogen) atoms. The predicted molar refractivity (Wildman–Crippen MR) is 59.8 cm³/mol. The predicted octanol–water partition coefficient (Wildman–Crippen LogP) is 4.23. The fourth-order valence-electron chi connectivity index (χ4n) is 2.41. The molecule has 0 aromatic heterocycles. The lowest BCUT2D eigenvalue weighted by Crippen LogP contribution is -1.96. The summed E-state index contributed by atoms with van der Waals surface area (Å²) < 4.78 is 0. The fraction of sp³-hybridized carbons (Fsp3) is 0.385. The molecular weight excluding hydrogens is 192 g/mol. The summed E-state index contributed by atoms with van der Waals surface area (Å²) in [5, 5.41) is 0.915. The van der Waals surface area contributed by atoms with Gasteiger partial charge in [-0.3, -0.25) is 0 Å². The van der Waals surface area contributed by atoms with Crippen molar-refractivity contribution in [3.63, 3.8) is 0 Å². The number of aryl methyl sites for hydroxylation is 1. The maximum absolute atomic E-state index is 6.13. The summed E-state index contributed by atoms with van der Waals surface area (Å²) in [5.41, 5.74) is 6.03. The maximum Gasteiger partial charge on any atom is 0.0438 e. The molecule has 0 radical (unpaired) electrons. The molecule has 1 aromatic carbocycles. The molecule has 0 heterocycles. The van der Waals surface area contributed by atoms with E-state index in [0.29, 0.717) is 0 Å². The van der Waals surface area contributed by atoms with Crippen molar-refractivity contribution in [2.75, 3.05) is 0 Å². The zero-order chi connectivity index (χ0) is 9.71. The standard InChI is InChI=1S/C13H13Cl/c1-8-2-3-9(7-13(8)14)10-4-11-6-12(11)5-10/h2-3,7,10H,4-6H2,1H3. The first-order chi connectivity index (χ1) is 6.74. The maximum atomic E-state index is 6.13. The Balaban J connectivity index is 1.87. The Morgan fingerprint density at radius 2 is 1.93 bits per heavy atom. The molecule has 0 fully saturated rings. The normalized spacial score (nSPS) is 20.1. The van der Waals surface area contributed by atoms with Crippen molar-refractivity contribution >= 4 is 11.6 Å². The summed E-state index contributed by atoms with van der Waals surface area (Å²) in [4.78, 5) is 0. The van der Waals surface area contributed by atoms with Crippen LogP contribution in [-0.2, 0) is 0 Å². The number of hydrogen-bond acceptors (Lipinski definition) is 0. The van der Waals surface area contributed by atoms with Gasteiger partial charge in [0.05, 0.1) is 0 Å². The molecule has 1 aromatic rings. The minimum absolute atomic E-state index is 0.729. The minimum Gasteiger partial charge on any atom is -0.0840 e. The van der Waals surface area contributed by atoms with Crippen LogP contribution in [0.4, 0.5) is 0 Å². The average molecular weight is 205 g/mol. The van der Waals surface area contributed by atoms with Gasteiger partial charge in [0.1, 0.15) is 0 Å². The molecule has 72 valence electrons. The van der Waals surface area contributed by atoms with E-state index in [1.54, 1.807) is 11.1 Å². The van der Waals surface area contributed by atoms with Crippen molar-refractivity contribution < 1.29 is 0 Å². The molecule has 0 aliphatic heterocycles. The SMILES string of the molecule is Cc1ccc(C2CC3=C(C3)C2)cc1Cl. The monoisotopic (exact) mass is 204 g/mol. The highest BCUT2D eigenvalue weighted by Crippen LogP contribution is 2.52. The number of rotatable bonds is 1. The van der Waals surface area contributed by atoms with Crippen molar-refractivity contribution in [3.05, 3.63) is 45.5 Å². The highest BCUT2D eigenvalue weighted by Gasteiger charge is 2.33. The molecule has 0 bridgehead atoms. The molecule has 0 N–H and O–H groups in total. The fourth-order valence-corrected chi connectivity index (χ4v) is 2.60. The molecular formula is C13H13Cl. The molecule has 1 heteroatoms. The number of halogens is 1. The Morgan fingerprint density at radius 3 is 2.57 bits per heavy atom. The van der Waals surface area contributed by atoms with E-state index in [0.717, 1.165) is 10.9 Å². The molecule has 0 saturated carbocycles. The zero-order valence-electron chi connectivity index (χ0n) is 8.31. The van der Waals surface area contributed by atoms with E-state index in [1.807, 2.05) is 0 Å². The van der Waals surface area contributed by atoms with E-state index in [1.165, 1.54) is 30.4 Å². The molecule has 0 atom stereocenters. The third kappa shape index (κ3) is 1.29. The Hall–Kier alpha value is -0.750. The van der Waals surface area contributed by atoms with E-state index >= 15 is 0 Å². The largest absolute Gasteiger partial charge is 0.0840 e. The summed E-state index contributed by atoms with van der Waals surface area (Å²) in [6, 6.07) is 6.52. The van der Waals surface area contributed by atoms with Gasteiger partial charge in [-0.25, -0.2) is 0 Å². The van der Waals surface area contributed by atoms with Crippen molar-refractivity contribution in [3.8, 4) is 0 Å². The van der Waals surface area contributed by atoms with E-state index in [9.17, 15) is 0 Å². The first-order valence-electron chi connectivity index (χ1n) is 5.20.